The third kappa shape index (κ3) is 2.98. The monoisotopic (exact) mass is 261 g/mol. The molecule has 1 aromatic carbocycles. The number of aryl methyl sites for hydroxylation is 2. The Morgan fingerprint density at radius 1 is 1.37 bits per heavy atom. The number of nitrogens with two attached hydrogens (primary N) is 1. The van der Waals surface area contributed by atoms with Crippen LogP contribution in [0.5, 0.6) is 0 Å². The summed E-state index contributed by atoms with van der Waals surface area (Å²) in [5.41, 5.74) is 9.70. The molecule has 3 heteroatoms. The fourth-order valence-corrected chi connectivity index (χ4v) is 2.85. The minimum Gasteiger partial charge on any atom is -0.469 e. The summed E-state index contributed by atoms with van der Waals surface area (Å²) in [4.78, 5) is 11.7. The van der Waals surface area contributed by atoms with Crippen LogP contribution < -0.4 is 5.73 Å². The van der Waals surface area contributed by atoms with Gasteiger partial charge in [-0.2, -0.15) is 0 Å². The lowest BCUT2D eigenvalue weighted by molar-refractivity contribution is -0.151. The summed E-state index contributed by atoms with van der Waals surface area (Å²) in [6, 6.07) is 6.37. The van der Waals surface area contributed by atoms with Crippen LogP contribution in [0.2, 0.25) is 0 Å². The summed E-state index contributed by atoms with van der Waals surface area (Å²) in [5.74, 6) is -0.205. The van der Waals surface area contributed by atoms with E-state index in [-0.39, 0.29) is 12.0 Å². The van der Waals surface area contributed by atoms with Crippen molar-refractivity contribution in [1.29, 1.82) is 0 Å². The van der Waals surface area contributed by atoms with Gasteiger partial charge in [0.15, 0.2) is 0 Å². The smallest absolute Gasteiger partial charge is 0.311 e. The standard InChI is InChI=1S/C16H23NO2/c1-16(2,15(18)19-3)10-14(17)13-8-7-11-5-4-6-12(11)9-13/h7-9,14H,4-6,10,17H2,1-3H3. The molecule has 0 spiro atoms. The third-order valence-corrected chi connectivity index (χ3v) is 4.02. The summed E-state index contributed by atoms with van der Waals surface area (Å²) in [6.07, 6.45) is 4.16. The number of benzene rings is 1. The average molecular weight is 261 g/mol. The van der Waals surface area contributed by atoms with E-state index < -0.39 is 5.41 Å². The molecule has 104 valence electrons. The van der Waals surface area contributed by atoms with Crippen molar-refractivity contribution in [3.8, 4) is 0 Å². The maximum atomic E-state index is 11.7. The van der Waals surface area contributed by atoms with Crippen LogP contribution in [0.4, 0.5) is 0 Å². The van der Waals surface area contributed by atoms with Gasteiger partial charge in [0.2, 0.25) is 0 Å². The summed E-state index contributed by atoms with van der Waals surface area (Å²) in [5, 5.41) is 0. The normalized spacial score (nSPS) is 16.0. The van der Waals surface area contributed by atoms with Crippen molar-refractivity contribution in [3.63, 3.8) is 0 Å². The number of rotatable bonds is 4. The lowest BCUT2D eigenvalue weighted by Crippen LogP contribution is -2.30. The average Bonchev–Trinajstić information content (AvgIpc) is 2.84. The van der Waals surface area contributed by atoms with E-state index in [0.29, 0.717) is 6.42 Å². The molecule has 2 N–H and O–H groups in total. The number of carbonyl (C=O) groups is 1. The van der Waals surface area contributed by atoms with Gasteiger partial charge in [0.05, 0.1) is 12.5 Å². The highest BCUT2D eigenvalue weighted by Gasteiger charge is 2.31. The first-order valence-corrected chi connectivity index (χ1v) is 6.90. The number of esters is 1. The van der Waals surface area contributed by atoms with Crippen molar-refractivity contribution in [2.24, 2.45) is 11.1 Å². The molecule has 0 saturated heterocycles. The molecular weight excluding hydrogens is 238 g/mol. The molecular formula is C16H23NO2. The van der Waals surface area contributed by atoms with E-state index in [2.05, 4.69) is 18.2 Å². The first-order valence-electron chi connectivity index (χ1n) is 6.90. The van der Waals surface area contributed by atoms with E-state index in [0.717, 1.165) is 12.0 Å². The van der Waals surface area contributed by atoms with Gasteiger partial charge in [-0.25, -0.2) is 0 Å². The molecule has 0 amide bonds. The molecule has 1 aromatic rings. The zero-order chi connectivity index (χ0) is 14.0. The van der Waals surface area contributed by atoms with Gasteiger partial charge >= 0.3 is 5.97 Å². The largest absolute Gasteiger partial charge is 0.469 e. The SMILES string of the molecule is COC(=O)C(C)(C)CC(N)c1ccc2c(c1)CCC2. The molecule has 19 heavy (non-hydrogen) atoms. The van der Waals surface area contributed by atoms with E-state index >= 15 is 0 Å². The van der Waals surface area contributed by atoms with Crippen LogP contribution in [0.25, 0.3) is 0 Å². The Bertz CT molecular complexity index is 480. The van der Waals surface area contributed by atoms with Gasteiger partial charge in [-0.15, -0.1) is 0 Å². The second-order valence-electron chi connectivity index (χ2n) is 6.07. The molecule has 0 radical (unpaired) electrons. The van der Waals surface area contributed by atoms with Crippen LogP contribution >= 0.6 is 0 Å². The predicted octanol–water partition coefficient (Wildman–Crippen LogP) is 2.76. The van der Waals surface area contributed by atoms with Crippen molar-refractivity contribution >= 4 is 5.97 Å². The van der Waals surface area contributed by atoms with Gasteiger partial charge in [0.25, 0.3) is 0 Å². The fourth-order valence-electron chi connectivity index (χ4n) is 2.85. The first-order chi connectivity index (χ1) is 8.94. The van der Waals surface area contributed by atoms with Crippen LogP contribution in [0.1, 0.15) is 49.4 Å². The van der Waals surface area contributed by atoms with Gasteiger partial charge in [-0.05, 0) is 56.2 Å². The first kappa shape index (κ1) is 14.1. The molecule has 0 heterocycles. The summed E-state index contributed by atoms with van der Waals surface area (Å²) in [6.45, 7) is 3.76. The van der Waals surface area contributed by atoms with Gasteiger partial charge in [0.1, 0.15) is 0 Å². The topological polar surface area (TPSA) is 52.3 Å². The minimum absolute atomic E-state index is 0.125. The van der Waals surface area contributed by atoms with Crippen LogP contribution in [-0.4, -0.2) is 13.1 Å². The van der Waals surface area contributed by atoms with Crippen LogP contribution in [0, 0.1) is 5.41 Å². The lowest BCUT2D eigenvalue weighted by atomic mass is 9.83. The molecule has 3 nitrogen and oxygen atoms in total. The van der Waals surface area contributed by atoms with Gasteiger partial charge < -0.3 is 10.5 Å². The van der Waals surface area contributed by atoms with Gasteiger partial charge in [-0.3, -0.25) is 4.79 Å². The molecule has 1 atom stereocenters. The van der Waals surface area contributed by atoms with Crippen molar-refractivity contribution in [2.75, 3.05) is 7.11 Å². The van der Waals surface area contributed by atoms with E-state index in [1.165, 1.54) is 31.1 Å². The van der Waals surface area contributed by atoms with E-state index in [9.17, 15) is 4.79 Å². The molecule has 0 aromatic heterocycles. The number of hydrogen-bond donors (Lipinski definition) is 1. The van der Waals surface area contributed by atoms with E-state index in [1.807, 2.05) is 13.8 Å². The Balaban J connectivity index is 2.12. The Morgan fingerprint density at radius 2 is 2.05 bits per heavy atom. The summed E-state index contributed by atoms with van der Waals surface area (Å²) >= 11 is 0. The Labute approximate surface area is 115 Å². The minimum atomic E-state index is -0.548. The van der Waals surface area contributed by atoms with Crippen LogP contribution in [0.3, 0.4) is 0 Å². The van der Waals surface area contributed by atoms with E-state index in [1.54, 1.807) is 0 Å². The second kappa shape index (κ2) is 5.33. The summed E-state index contributed by atoms with van der Waals surface area (Å²) < 4.78 is 4.83. The highest BCUT2D eigenvalue weighted by Crippen LogP contribution is 2.32. The maximum absolute atomic E-state index is 11.7. The molecule has 1 unspecified atom stereocenters. The third-order valence-electron chi connectivity index (χ3n) is 4.02. The lowest BCUT2D eigenvalue weighted by Gasteiger charge is -2.25. The Morgan fingerprint density at radius 3 is 2.74 bits per heavy atom. The number of fused-ring (bicyclic) bond motifs is 1. The number of methoxy groups -OCH3 is 1. The number of carbonyl (C=O) groups excluding carboxylic acids is 1. The fraction of sp³-hybridized carbons (Fsp3) is 0.562. The van der Waals surface area contributed by atoms with Gasteiger partial charge in [0, 0.05) is 6.04 Å². The zero-order valence-electron chi connectivity index (χ0n) is 12.0. The highest BCUT2D eigenvalue weighted by atomic mass is 16.5. The number of hydrogen-bond acceptors (Lipinski definition) is 3. The predicted molar refractivity (Wildman–Crippen MR) is 75.8 cm³/mol. The molecule has 2 rings (SSSR count). The quantitative estimate of drug-likeness (QED) is 0.848. The molecule has 0 aliphatic heterocycles. The second-order valence-corrected chi connectivity index (χ2v) is 6.07. The number of ether oxygens (including phenoxy) is 1. The Hall–Kier alpha value is -1.35. The van der Waals surface area contributed by atoms with Crippen molar-refractivity contribution < 1.29 is 9.53 Å². The Kier molecular flexibility index (Phi) is 3.95. The van der Waals surface area contributed by atoms with Gasteiger partial charge in [-0.1, -0.05) is 18.2 Å². The molecule has 1 aliphatic carbocycles. The maximum Gasteiger partial charge on any atom is 0.311 e. The summed E-state index contributed by atoms with van der Waals surface area (Å²) in [7, 11) is 1.42. The van der Waals surface area contributed by atoms with Crippen molar-refractivity contribution in [1.82, 2.24) is 0 Å². The molecule has 1 aliphatic rings. The van der Waals surface area contributed by atoms with Crippen molar-refractivity contribution in [2.45, 2.75) is 45.6 Å². The van der Waals surface area contributed by atoms with Crippen LogP contribution in [-0.2, 0) is 22.4 Å². The highest BCUT2D eigenvalue weighted by molar-refractivity contribution is 5.75. The zero-order valence-corrected chi connectivity index (χ0v) is 12.0. The molecule has 0 fully saturated rings. The molecule has 0 saturated carbocycles. The van der Waals surface area contributed by atoms with Crippen LogP contribution in [0.15, 0.2) is 18.2 Å². The molecule has 0 bridgehead atoms. The van der Waals surface area contributed by atoms with E-state index in [4.69, 9.17) is 10.5 Å². The van der Waals surface area contributed by atoms with Crippen molar-refractivity contribution in [3.05, 3.63) is 34.9 Å².